The summed E-state index contributed by atoms with van der Waals surface area (Å²) in [5.41, 5.74) is 0.286. The molecular formula is C14H11FN2O3. The molecule has 0 spiro atoms. The third-order valence-corrected chi connectivity index (χ3v) is 2.44. The highest BCUT2D eigenvalue weighted by Crippen LogP contribution is 2.21. The van der Waals surface area contributed by atoms with Crippen molar-refractivity contribution in [3.63, 3.8) is 0 Å². The minimum absolute atomic E-state index is 0.117. The molecule has 2 aromatic carbocycles. The first-order chi connectivity index (χ1) is 9.56. The van der Waals surface area contributed by atoms with E-state index in [1.807, 2.05) is 0 Å². The van der Waals surface area contributed by atoms with Gasteiger partial charge in [0.25, 0.3) is 0 Å². The molecule has 0 aliphatic rings. The first-order valence-corrected chi connectivity index (χ1v) is 5.72. The number of phenols is 1. The second-order valence-electron chi connectivity index (χ2n) is 3.94. The van der Waals surface area contributed by atoms with Crippen molar-refractivity contribution in [2.24, 2.45) is 0 Å². The molecule has 5 nitrogen and oxygen atoms in total. The van der Waals surface area contributed by atoms with Crippen molar-refractivity contribution in [1.29, 1.82) is 0 Å². The van der Waals surface area contributed by atoms with Crippen LogP contribution in [0.4, 0.5) is 15.8 Å². The van der Waals surface area contributed by atoms with Crippen molar-refractivity contribution in [2.45, 2.75) is 0 Å². The van der Waals surface area contributed by atoms with Crippen molar-refractivity contribution >= 4 is 23.2 Å². The van der Waals surface area contributed by atoms with E-state index >= 15 is 0 Å². The maximum absolute atomic E-state index is 12.9. The summed E-state index contributed by atoms with van der Waals surface area (Å²) in [5, 5.41) is 14.0. The highest BCUT2D eigenvalue weighted by atomic mass is 19.1. The molecule has 0 aliphatic carbocycles. The zero-order valence-electron chi connectivity index (χ0n) is 10.3. The summed E-state index contributed by atoms with van der Waals surface area (Å²) in [7, 11) is 0. The summed E-state index contributed by atoms with van der Waals surface area (Å²) >= 11 is 0. The van der Waals surface area contributed by atoms with Gasteiger partial charge in [0.15, 0.2) is 0 Å². The molecule has 0 atom stereocenters. The molecule has 0 unspecified atom stereocenters. The quantitative estimate of drug-likeness (QED) is 0.579. The Kier molecular flexibility index (Phi) is 3.95. The SMILES string of the molecule is O=C(Nc1cccc(F)c1)C(=O)Nc1ccccc1O. The van der Waals surface area contributed by atoms with Crippen LogP contribution in [0, 0.1) is 5.82 Å². The lowest BCUT2D eigenvalue weighted by Gasteiger charge is -2.07. The molecule has 3 N–H and O–H groups in total. The molecule has 2 aromatic rings. The fourth-order valence-corrected chi connectivity index (χ4v) is 1.51. The summed E-state index contributed by atoms with van der Waals surface area (Å²) < 4.78 is 12.9. The van der Waals surface area contributed by atoms with Crippen LogP contribution in [0.5, 0.6) is 5.75 Å². The number of benzene rings is 2. The summed E-state index contributed by atoms with van der Waals surface area (Å²) in [4.78, 5) is 23.2. The van der Waals surface area contributed by atoms with Gasteiger partial charge in [-0.15, -0.1) is 0 Å². The Morgan fingerprint density at radius 3 is 2.35 bits per heavy atom. The van der Waals surface area contributed by atoms with E-state index in [1.165, 1.54) is 30.3 Å². The largest absolute Gasteiger partial charge is 0.506 e. The van der Waals surface area contributed by atoms with Crippen LogP contribution in [-0.2, 0) is 9.59 Å². The van der Waals surface area contributed by atoms with Crippen molar-refractivity contribution in [3.8, 4) is 5.75 Å². The van der Waals surface area contributed by atoms with Gasteiger partial charge in [-0.25, -0.2) is 4.39 Å². The molecule has 0 aromatic heterocycles. The normalized spacial score (nSPS) is 9.85. The monoisotopic (exact) mass is 274 g/mol. The van der Waals surface area contributed by atoms with Gasteiger partial charge in [-0.05, 0) is 30.3 Å². The number of carbonyl (C=O) groups is 2. The molecule has 0 saturated heterocycles. The molecule has 6 heteroatoms. The lowest BCUT2D eigenvalue weighted by molar-refractivity contribution is -0.133. The molecule has 0 saturated carbocycles. The molecule has 0 aliphatic heterocycles. The van der Waals surface area contributed by atoms with E-state index in [9.17, 15) is 19.1 Å². The first kappa shape index (κ1) is 13.5. The molecule has 0 heterocycles. The van der Waals surface area contributed by atoms with Gasteiger partial charge >= 0.3 is 11.8 Å². The van der Waals surface area contributed by atoms with Crippen LogP contribution < -0.4 is 10.6 Å². The van der Waals surface area contributed by atoms with Crippen LogP contribution in [-0.4, -0.2) is 16.9 Å². The predicted octanol–water partition coefficient (Wildman–Crippen LogP) is 2.11. The van der Waals surface area contributed by atoms with E-state index in [2.05, 4.69) is 10.6 Å². The average Bonchev–Trinajstić information content (AvgIpc) is 2.41. The molecule has 0 bridgehead atoms. The standard InChI is InChI=1S/C14H11FN2O3/c15-9-4-3-5-10(8-9)16-13(19)14(20)17-11-6-1-2-7-12(11)18/h1-8,18H,(H,16,19)(H,17,20). The third-order valence-electron chi connectivity index (χ3n) is 2.44. The Morgan fingerprint density at radius 2 is 1.65 bits per heavy atom. The number of aromatic hydroxyl groups is 1. The van der Waals surface area contributed by atoms with E-state index < -0.39 is 17.6 Å². The maximum Gasteiger partial charge on any atom is 0.314 e. The fraction of sp³-hybridized carbons (Fsp3) is 0. The highest BCUT2D eigenvalue weighted by Gasteiger charge is 2.15. The number of para-hydroxylation sites is 2. The van der Waals surface area contributed by atoms with Crippen molar-refractivity contribution in [1.82, 2.24) is 0 Å². The molecular weight excluding hydrogens is 263 g/mol. The molecule has 102 valence electrons. The van der Waals surface area contributed by atoms with Gasteiger partial charge in [0, 0.05) is 5.69 Å². The first-order valence-electron chi connectivity index (χ1n) is 5.72. The molecule has 2 rings (SSSR count). The minimum atomic E-state index is -0.962. The van der Waals surface area contributed by atoms with Gasteiger partial charge in [0.2, 0.25) is 0 Å². The van der Waals surface area contributed by atoms with Gasteiger partial charge in [0.1, 0.15) is 11.6 Å². The van der Waals surface area contributed by atoms with Gasteiger partial charge in [-0.2, -0.15) is 0 Å². The van der Waals surface area contributed by atoms with Crippen LogP contribution in [0.15, 0.2) is 48.5 Å². The Morgan fingerprint density at radius 1 is 0.950 bits per heavy atom. The lowest BCUT2D eigenvalue weighted by atomic mass is 10.3. The van der Waals surface area contributed by atoms with Gasteiger partial charge in [-0.3, -0.25) is 9.59 Å². The maximum atomic E-state index is 12.9. The number of hydrogen-bond donors (Lipinski definition) is 3. The number of carbonyl (C=O) groups excluding carboxylic acids is 2. The van der Waals surface area contributed by atoms with E-state index in [4.69, 9.17) is 0 Å². The second kappa shape index (κ2) is 5.83. The Bertz CT molecular complexity index is 658. The fourth-order valence-electron chi connectivity index (χ4n) is 1.51. The zero-order chi connectivity index (χ0) is 14.5. The topological polar surface area (TPSA) is 78.4 Å². The van der Waals surface area contributed by atoms with E-state index in [0.29, 0.717) is 0 Å². The molecule has 0 radical (unpaired) electrons. The van der Waals surface area contributed by atoms with Crippen LogP contribution in [0.25, 0.3) is 0 Å². The minimum Gasteiger partial charge on any atom is -0.506 e. The van der Waals surface area contributed by atoms with Crippen LogP contribution in [0.3, 0.4) is 0 Å². The second-order valence-corrected chi connectivity index (χ2v) is 3.94. The molecule has 20 heavy (non-hydrogen) atoms. The number of nitrogens with one attached hydrogen (secondary N) is 2. The number of hydrogen-bond acceptors (Lipinski definition) is 3. The Balaban J connectivity index is 2.03. The lowest BCUT2D eigenvalue weighted by Crippen LogP contribution is -2.29. The van der Waals surface area contributed by atoms with Crippen molar-refractivity contribution in [3.05, 3.63) is 54.3 Å². The van der Waals surface area contributed by atoms with Crippen LogP contribution in [0.2, 0.25) is 0 Å². The Hall–Kier alpha value is -2.89. The van der Waals surface area contributed by atoms with Gasteiger partial charge in [0.05, 0.1) is 5.69 Å². The van der Waals surface area contributed by atoms with Crippen molar-refractivity contribution < 1.29 is 19.1 Å². The summed E-state index contributed by atoms with van der Waals surface area (Å²) in [6.07, 6.45) is 0. The molecule has 2 amide bonds. The van der Waals surface area contributed by atoms with E-state index in [0.717, 1.165) is 6.07 Å². The van der Waals surface area contributed by atoms with Crippen LogP contribution >= 0.6 is 0 Å². The van der Waals surface area contributed by atoms with Crippen LogP contribution in [0.1, 0.15) is 0 Å². The number of phenolic OH excluding ortho intramolecular Hbond substituents is 1. The van der Waals surface area contributed by atoms with E-state index in [-0.39, 0.29) is 17.1 Å². The predicted molar refractivity (Wildman–Crippen MR) is 71.8 cm³/mol. The number of halogens is 1. The Labute approximate surface area is 114 Å². The third kappa shape index (κ3) is 3.32. The number of amides is 2. The van der Waals surface area contributed by atoms with Crippen molar-refractivity contribution in [2.75, 3.05) is 10.6 Å². The summed E-state index contributed by atoms with van der Waals surface area (Å²) in [6, 6.07) is 11.2. The average molecular weight is 274 g/mol. The zero-order valence-corrected chi connectivity index (χ0v) is 10.3. The molecule has 0 fully saturated rings. The smallest absolute Gasteiger partial charge is 0.314 e. The number of rotatable bonds is 2. The van der Waals surface area contributed by atoms with Gasteiger partial charge < -0.3 is 15.7 Å². The summed E-state index contributed by atoms with van der Waals surface area (Å²) in [5.74, 6) is -2.60. The number of anilines is 2. The van der Waals surface area contributed by atoms with E-state index in [1.54, 1.807) is 12.1 Å². The summed E-state index contributed by atoms with van der Waals surface area (Å²) in [6.45, 7) is 0. The van der Waals surface area contributed by atoms with Gasteiger partial charge in [-0.1, -0.05) is 18.2 Å². The highest BCUT2D eigenvalue weighted by molar-refractivity contribution is 6.43.